The van der Waals surface area contributed by atoms with Crippen LogP contribution in [0.15, 0.2) is 16.6 Å². The Morgan fingerprint density at radius 1 is 1.05 bits per heavy atom. The minimum Gasteiger partial charge on any atom is -0.490 e. The Morgan fingerprint density at radius 2 is 1.62 bits per heavy atom. The van der Waals surface area contributed by atoms with Gasteiger partial charge in [0.05, 0.1) is 13.2 Å². The van der Waals surface area contributed by atoms with Crippen LogP contribution in [0.25, 0.3) is 0 Å². The molecule has 1 N–H and O–H groups in total. The first-order chi connectivity index (χ1) is 9.96. The highest BCUT2D eigenvalue weighted by Gasteiger charge is 2.25. The number of hydrogen-bond acceptors (Lipinski definition) is 3. The highest BCUT2D eigenvalue weighted by molar-refractivity contribution is 9.10. The quantitative estimate of drug-likeness (QED) is 0.658. The van der Waals surface area contributed by atoms with Crippen molar-refractivity contribution in [2.45, 2.75) is 46.5 Å². The van der Waals surface area contributed by atoms with Gasteiger partial charge < -0.3 is 14.8 Å². The Kier molecular flexibility index (Phi) is 7.53. The van der Waals surface area contributed by atoms with Gasteiger partial charge in [0.2, 0.25) is 0 Å². The molecule has 0 saturated carbocycles. The summed E-state index contributed by atoms with van der Waals surface area (Å²) < 4.78 is 12.5. The zero-order valence-corrected chi connectivity index (χ0v) is 15.5. The van der Waals surface area contributed by atoms with E-state index in [9.17, 15) is 0 Å². The van der Waals surface area contributed by atoms with E-state index in [-0.39, 0.29) is 5.41 Å². The standard InChI is InChI=1S/C17H28BrNO2/c1-6-19-10-9-17(4,5)13-11-15(20-7-2)16(21-8-3)12-14(13)18/h11-12,19H,6-10H2,1-5H3. The molecule has 0 aromatic heterocycles. The monoisotopic (exact) mass is 357 g/mol. The van der Waals surface area contributed by atoms with Crippen LogP contribution in [-0.4, -0.2) is 26.3 Å². The summed E-state index contributed by atoms with van der Waals surface area (Å²) in [5.74, 6) is 1.63. The summed E-state index contributed by atoms with van der Waals surface area (Å²) >= 11 is 3.69. The third kappa shape index (κ3) is 5.19. The fourth-order valence-electron chi connectivity index (χ4n) is 2.30. The third-order valence-electron chi connectivity index (χ3n) is 3.54. The predicted octanol–water partition coefficient (Wildman–Crippen LogP) is 4.52. The Balaban J connectivity index is 3.08. The van der Waals surface area contributed by atoms with Crippen LogP contribution < -0.4 is 14.8 Å². The van der Waals surface area contributed by atoms with Crippen molar-refractivity contribution in [2.24, 2.45) is 0 Å². The molecule has 1 rings (SSSR count). The van der Waals surface area contributed by atoms with Crippen molar-refractivity contribution < 1.29 is 9.47 Å². The van der Waals surface area contributed by atoms with Gasteiger partial charge in [0.15, 0.2) is 11.5 Å². The minimum atomic E-state index is 0.0671. The van der Waals surface area contributed by atoms with Gasteiger partial charge >= 0.3 is 0 Å². The number of hydrogen-bond donors (Lipinski definition) is 1. The SMILES string of the molecule is CCNCCC(C)(C)c1cc(OCC)c(OCC)cc1Br. The molecule has 0 atom stereocenters. The molecule has 0 bridgehead atoms. The van der Waals surface area contributed by atoms with Gasteiger partial charge in [0, 0.05) is 4.47 Å². The second-order valence-electron chi connectivity index (χ2n) is 5.63. The molecular formula is C17H28BrNO2. The van der Waals surface area contributed by atoms with Crippen LogP contribution >= 0.6 is 15.9 Å². The first-order valence-corrected chi connectivity index (χ1v) is 8.55. The molecule has 0 saturated heterocycles. The molecule has 0 radical (unpaired) electrons. The Labute approximate surface area is 137 Å². The molecular weight excluding hydrogens is 330 g/mol. The van der Waals surface area contributed by atoms with Crippen molar-refractivity contribution in [2.75, 3.05) is 26.3 Å². The van der Waals surface area contributed by atoms with E-state index in [0.29, 0.717) is 13.2 Å². The van der Waals surface area contributed by atoms with Crippen LogP contribution in [0.3, 0.4) is 0 Å². The van der Waals surface area contributed by atoms with E-state index in [1.54, 1.807) is 0 Å². The smallest absolute Gasteiger partial charge is 0.162 e. The molecule has 0 unspecified atom stereocenters. The molecule has 0 aliphatic rings. The lowest BCUT2D eigenvalue weighted by Crippen LogP contribution is -2.25. The van der Waals surface area contributed by atoms with Crippen molar-refractivity contribution in [3.8, 4) is 11.5 Å². The lowest BCUT2D eigenvalue weighted by Gasteiger charge is -2.28. The van der Waals surface area contributed by atoms with E-state index in [2.05, 4.69) is 48.1 Å². The summed E-state index contributed by atoms with van der Waals surface area (Å²) in [4.78, 5) is 0. The van der Waals surface area contributed by atoms with Crippen molar-refractivity contribution in [3.05, 3.63) is 22.2 Å². The Hall–Kier alpha value is -0.740. The summed E-state index contributed by atoms with van der Waals surface area (Å²) in [5, 5.41) is 3.39. The van der Waals surface area contributed by atoms with Gasteiger partial charge in [-0.3, -0.25) is 0 Å². The summed E-state index contributed by atoms with van der Waals surface area (Å²) in [6.07, 6.45) is 1.07. The van der Waals surface area contributed by atoms with Crippen LogP contribution in [0.4, 0.5) is 0 Å². The highest BCUT2D eigenvalue weighted by Crippen LogP contribution is 2.40. The molecule has 0 amide bonds. The van der Waals surface area contributed by atoms with E-state index in [4.69, 9.17) is 9.47 Å². The van der Waals surface area contributed by atoms with Gasteiger partial charge in [-0.2, -0.15) is 0 Å². The van der Waals surface area contributed by atoms with Crippen molar-refractivity contribution >= 4 is 15.9 Å². The molecule has 4 heteroatoms. The molecule has 1 aromatic rings. The highest BCUT2D eigenvalue weighted by atomic mass is 79.9. The van der Waals surface area contributed by atoms with Gasteiger partial charge in [0.25, 0.3) is 0 Å². The Bertz CT molecular complexity index is 447. The summed E-state index contributed by atoms with van der Waals surface area (Å²) in [5.41, 5.74) is 1.32. The summed E-state index contributed by atoms with van der Waals surface area (Å²) in [7, 11) is 0. The molecule has 0 aliphatic heterocycles. The normalized spacial score (nSPS) is 11.5. The largest absolute Gasteiger partial charge is 0.490 e. The van der Waals surface area contributed by atoms with E-state index >= 15 is 0 Å². The van der Waals surface area contributed by atoms with Crippen LogP contribution in [0.5, 0.6) is 11.5 Å². The van der Waals surface area contributed by atoms with Crippen molar-refractivity contribution in [1.82, 2.24) is 5.32 Å². The first-order valence-electron chi connectivity index (χ1n) is 7.76. The van der Waals surface area contributed by atoms with Gasteiger partial charge in [0.1, 0.15) is 0 Å². The van der Waals surface area contributed by atoms with E-state index in [1.165, 1.54) is 5.56 Å². The molecule has 0 spiro atoms. The third-order valence-corrected chi connectivity index (χ3v) is 4.20. The lowest BCUT2D eigenvalue weighted by molar-refractivity contribution is 0.286. The topological polar surface area (TPSA) is 30.5 Å². The number of rotatable bonds is 9. The van der Waals surface area contributed by atoms with Crippen molar-refractivity contribution in [3.63, 3.8) is 0 Å². The maximum Gasteiger partial charge on any atom is 0.162 e. The van der Waals surface area contributed by atoms with Crippen LogP contribution in [-0.2, 0) is 5.41 Å². The molecule has 0 aliphatic carbocycles. The average molecular weight is 358 g/mol. The van der Waals surface area contributed by atoms with Crippen LogP contribution in [0.1, 0.15) is 46.6 Å². The zero-order chi connectivity index (χ0) is 15.9. The van der Waals surface area contributed by atoms with E-state index in [0.717, 1.165) is 35.5 Å². The zero-order valence-electron chi connectivity index (χ0n) is 13.9. The minimum absolute atomic E-state index is 0.0671. The van der Waals surface area contributed by atoms with Crippen molar-refractivity contribution in [1.29, 1.82) is 0 Å². The number of halogens is 1. The van der Waals surface area contributed by atoms with Gasteiger partial charge in [-0.15, -0.1) is 0 Å². The predicted molar refractivity (Wildman–Crippen MR) is 92.7 cm³/mol. The molecule has 120 valence electrons. The van der Waals surface area contributed by atoms with Crippen LogP contribution in [0.2, 0.25) is 0 Å². The molecule has 1 aromatic carbocycles. The lowest BCUT2D eigenvalue weighted by atomic mass is 9.81. The number of ether oxygens (including phenoxy) is 2. The second-order valence-corrected chi connectivity index (χ2v) is 6.49. The summed E-state index contributed by atoms with van der Waals surface area (Å²) in [6.45, 7) is 13.9. The number of nitrogens with one attached hydrogen (secondary N) is 1. The van der Waals surface area contributed by atoms with E-state index in [1.807, 2.05) is 19.9 Å². The van der Waals surface area contributed by atoms with Gasteiger partial charge in [-0.05, 0) is 56.5 Å². The average Bonchev–Trinajstić information content (AvgIpc) is 2.42. The van der Waals surface area contributed by atoms with E-state index < -0.39 is 0 Å². The molecule has 0 fully saturated rings. The number of benzene rings is 1. The van der Waals surface area contributed by atoms with Gasteiger partial charge in [-0.25, -0.2) is 0 Å². The van der Waals surface area contributed by atoms with Crippen LogP contribution in [0, 0.1) is 0 Å². The maximum absolute atomic E-state index is 5.74. The fourth-order valence-corrected chi connectivity index (χ4v) is 3.16. The molecule has 0 heterocycles. The van der Waals surface area contributed by atoms with Gasteiger partial charge in [-0.1, -0.05) is 36.7 Å². The molecule has 21 heavy (non-hydrogen) atoms. The fraction of sp³-hybridized carbons (Fsp3) is 0.647. The maximum atomic E-state index is 5.74. The molecule has 3 nitrogen and oxygen atoms in total. The second kappa shape index (κ2) is 8.64. The Morgan fingerprint density at radius 3 is 2.14 bits per heavy atom. The first kappa shape index (κ1) is 18.3. The summed E-state index contributed by atoms with van der Waals surface area (Å²) in [6, 6.07) is 4.14.